The molecule has 10 nitrogen and oxygen atoms in total. The molecule has 1 fully saturated rings. The zero-order valence-corrected chi connectivity index (χ0v) is 17.7. The molecule has 1 aliphatic rings. The second-order valence-electron chi connectivity index (χ2n) is 7.20. The van der Waals surface area contributed by atoms with Crippen LogP contribution in [0.2, 0.25) is 0 Å². The van der Waals surface area contributed by atoms with Gasteiger partial charge in [-0.05, 0) is 31.9 Å². The van der Waals surface area contributed by atoms with Crippen LogP contribution in [0.15, 0.2) is 35.8 Å². The van der Waals surface area contributed by atoms with Crippen LogP contribution in [-0.4, -0.2) is 58.8 Å². The number of carbonyl (C=O) groups excluding carboxylic acids is 2. The first-order valence-electron chi connectivity index (χ1n) is 10.4. The highest BCUT2D eigenvalue weighted by molar-refractivity contribution is 5.76. The number of pyridine rings is 1. The van der Waals surface area contributed by atoms with Gasteiger partial charge in [0.25, 0.3) is 5.56 Å². The molecule has 0 saturated carbocycles. The van der Waals surface area contributed by atoms with Gasteiger partial charge >= 0.3 is 12.0 Å². The van der Waals surface area contributed by atoms with Crippen LogP contribution in [0.25, 0.3) is 11.2 Å². The normalized spacial score (nSPS) is 14.3. The number of rotatable bonds is 8. The SMILES string of the molecule is C=CCn1c(=O)c(N2CCC(NC(=O)NCCC(=O)OCC)CC2)nc2cccnc21. The average molecular weight is 428 g/mol. The minimum atomic E-state index is -0.337. The summed E-state index contributed by atoms with van der Waals surface area (Å²) in [6.45, 7) is 7.56. The molecule has 0 radical (unpaired) electrons. The first kappa shape index (κ1) is 22.3. The molecule has 2 amide bonds. The Kier molecular flexibility index (Phi) is 7.58. The summed E-state index contributed by atoms with van der Waals surface area (Å²) in [6, 6.07) is 3.29. The van der Waals surface area contributed by atoms with Gasteiger partial charge < -0.3 is 20.3 Å². The Labute approximate surface area is 180 Å². The van der Waals surface area contributed by atoms with Gasteiger partial charge in [0.05, 0.1) is 13.0 Å². The van der Waals surface area contributed by atoms with Crippen molar-refractivity contribution in [1.82, 2.24) is 25.2 Å². The van der Waals surface area contributed by atoms with E-state index in [0.29, 0.717) is 56.1 Å². The number of ether oxygens (including phenoxy) is 1. The van der Waals surface area contributed by atoms with Crippen molar-refractivity contribution >= 4 is 29.0 Å². The van der Waals surface area contributed by atoms with Crippen molar-refractivity contribution < 1.29 is 14.3 Å². The molecule has 166 valence electrons. The summed E-state index contributed by atoms with van der Waals surface area (Å²) in [5.74, 6) is 0.0518. The summed E-state index contributed by atoms with van der Waals surface area (Å²) in [4.78, 5) is 47.2. The van der Waals surface area contributed by atoms with Gasteiger partial charge in [0.1, 0.15) is 5.52 Å². The van der Waals surface area contributed by atoms with E-state index in [2.05, 4.69) is 27.2 Å². The van der Waals surface area contributed by atoms with Crippen LogP contribution in [0, 0.1) is 0 Å². The molecular formula is C21H28N6O4. The summed E-state index contributed by atoms with van der Waals surface area (Å²) in [5.41, 5.74) is 0.988. The summed E-state index contributed by atoms with van der Waals surface area (Å²) >= 11 is 0. The van der Waals surface area contributed by atoms with Crippen LogP contribution in [0.3, 0.4) is 0 Å². The van der Waals surface area contributed by atoms with Gasteiger partial charge in [-0.2, -0.15) is 0 Å². The molecule has 10 heteroatoms. The molecule has 3 rings (SSSR count). The third-order valence-electron chi connectivity index (χ3n) is 5.05. The predicted molar refractivity (Wildman–Crippen MR) is 117 cm³/mol. The number of carbonyl (C=O) groups is 2. The number of allylic oxidation sites excluding steroid dienone is 1. The van der Waals surface area contributed by atoms with Gasteiger partial charge in [-0.1, -0.05) is 6.08 Å². The third-order valence-corrected chi connectivity index (χ3v) is 5.05. The number of esters is 1. The van der Waals surface area contributed by atoms with Gasteiger partial charge in [-0.3, -0.25) is 14.2 Å². The number of nitrogens with one attached hydrogen (secondary N) is 2. The van der Waals surface area contributed by atoms with E-state index in [0.717, 1.165) is 0 Å². The van der Waals surface area contributed by atoms with Crippen molar-refractivity contribution in [1.29, 1.82) is 0 Å². The lowest BCUT2D eigenvalue weighted by Crippen LogP contribution is -2.49. The first-order chi connectivity index (χ1) is 15.0. The number of fused-ring (bicyclic) bond motifs is 1. The molecule has 0 spiro atoms. The third kappa shape index (κ3) is 5.59. The van der Waals surface area contributed by atoms with E-state index in [1.54, 1.807) is 29.8 Å². The molecule has 0 unspecified atom stereocenters. The van der Waals surface area contributed by atoms with E-state index < -0.39 is 0 Å². The number of anilines is 1. The van der Waals surface area contributed by atoms with Gasteiger partial charge in [0.2, 0.25) is 0 Å². The highest BCUT2D eigenvalue weighted by atomic mass is 16.5. The van der Waals surface area contributed by atoms with Crippen molar-refractivity contribution in [2.24, 2.45) is 0 Å². The number of urea groups is 1. The number of piperidine rings is 1. The van der Waals surface area contributed by atoms with Crippen LogP contribution >= 0.6 is 0 Å². The molecule has 0 atom stereocenters. The minimum absolute atomic E-state index is 0.0173. The monoisotopic (exact) mass is 428 g/mol. The Bertz CT molecular complexity index is 997. The Morgan fingerprint density at radius 2 is 2.13 bits per heavy atom. The average Bonchev–Trinajstić information content (AvgIpc) is 2.76. The molecule has 3 heterocycles. The first-order valence-corrected chi connectivity index (χ1v) is 10.4. The molecule has 31 heavy (non-hydrogen) atoms. The van der Waals surface area contributed by atoms with Crippen LogP contribution in [0.1, 0.15) is 26.2 Å². The van der Waals surface area contributed by atoms with Gasteiger partial charge in [-0.15, -0.1) is 6.58 Å². The number of aromatic nitrogens is 3. The molecule has 0 aromatic carbocycles. The quantitative estimate of drug-likeness (QED) is 0.479. The topological polar surface area (TPSA) is 118 Å². The maximum atomic E-state index is 13.0. The fourth-order valence-electron chi connectivity index (χ4n) is 3.55. The van der Waals surface area contributed by atoms with Crippen molar-refractivity contribution in [3.8, 4) is 0 Å². The fraction of sp³-hybridized carbons (Fsp3) is 0.476. The highest BCUT2D eigenvalue weighted by Gasteiger charge is 2.24. The maximum Gasteiger partial charge on any atom is 0.315 e. The lowest BCUT2D eigenvalue weighted by Gasteiger charge is -2.33. The zero-order chi connectivity index (χ0) is 22.2. The standard InChI is InChI=1S/C21H28N6O4/c1-3-12-27-18-16(6-5-10-22-18)25-19(20(27)29)26-13-8-15(9-14-26)24-21(30)23-11-7-17(28)31-4-2/h3,5-6,10,15H,1,4,7-9,11-14H2,2H3,(H2,23,24,30). The van der Waals surface area contributed by atoms with Gasteiger partial charge in [-0.25, -0.2) is 14.8 Å². The maximum absolute atomic E-state index is 13.0. The molecule has 0 aliphatic carbocycles. The molecule has 2 aromatic rings. The largest absolute Gasteiger partial charge is 0.466 e. The van der Waals surface area contributed by atoms with Crippen molar-refractivity contribution in [2.75, 3.05) is 31.1 Å². The van der Waals surface area contributed by atoms with Crippen LogP contribution in [0.5, 0.6) is 0 Å². The summed E-state index contributed by atoms with van der Waals surface area (Å²) in [5, 5.41) is 5.58. The molecule has 2 N–H and O–H groups in total. The number of amides is 2. The van der Waals surface area contributed by atoms with Crippen LogP contribution in [-0.2, 0) is 16.1 Å². The Morgan fingerprint density at radius 1 is 1.35 bits per heavy atom. The van der Waals surface area contributed by atoms with E-state index in [1.807, 2.05) is 11.0 Å². The molecular weight excluding hydrogens is 400 g/mol. The molecule has 0 bridgehead atoms. The Balaban J connectivity index is 1.58. The summed E-state index contributed by atoms with van der Waals surface area (Å²) < 4.78 is 6.40. The van der Waals surface area contributed by atoms with Crippen molar-refractivity contribution in [3.63, 3.8) is 0 Å². The molecule has 1 aliphatic heterocycles. The molecule has 1 saturated heterocycles. The lowest BCUT2D eigenvalue weighted by atomic mass is 10.1. The van der Waals surface area contributed by atoms with Crippen LogP contribution < -0.4 is 21.1 Å². The Hall–Kier alpha value is -3.43. The fourth-order valence-corrected chi connectivity index (χ4v) is 3.55. The molecule has 2 aromatic heterocycles. The van der Waals surface area contributed by atoms with Crippen molar-refractivity contribution in [3.05, 3.63) is 41.3 Å². The van der Waals surface area contributed by atoms with E-state index >= 15 is 0 Å². The number of nitrogens with zero attached hydrogens (tertiary/aromatic N) is 4. The van der Waals surface area contributed by atoms with E-state index in [4.69, 9.17) is 4.74 Å². The minimum Gasteiger partial charge on any atom is -0.466 e. The second kappa shape index (κ2) is 10.6. The lowest BCUT2D eigenvalue weighted by molar-refractivity contribution is -0.142. The smallest absolute Gasteiger partial charge is 0.315 e. The van der Waals surface area contributed by atoms with Crippen molar-refractivity contribution in [2.45, 2.75) is 38.8 Å². The van der Waals surface area contributed by atoms with Crippen LogP contribution in [0.4, 0.5) is 10.6 Å². The summed E-state index contributed by atoms with van der Waals surface area (Å²) in [7, 11) is 0. The number of hydrogen-bond donors (Lipinski definition) is 2. The highest BCUT2D eigenvalue weighted by Crippen LogP contribution is 2.18. The summed E-state index contributed by atoms with van der Waals surface area (Å²) in [6.07, 6.45) is 4.80. The second-order valence-corrected chi connectivity index (χ2v) is 7.20. The van der Waals surface area contributed by atoms with E-state index in [9.17, 15) is 14.4 Å². The van der Waals surface area contributed by atoms with E-state index in [1.165, 1.54) is 0 Å². The number of hydrogen-bond acceptors (Lipinski definition) is 7. The Morgan fingerprint density at radius 3 is 2.84 bits per heavy atom. The zero-order valence-electron chi connectivity index (χ0n) is 17.7. The predicted octanol–water partition coefficient (Wildman–Crippen LogP) is 1.20. The van der Waals surface area contributed by atoms with Gasteiger partial charge in [0.15, 0.2) is 11.5 Å². The van der Waals surface area contributed by atoms with Gasteiger partial charge in [0, 0.05) is 38.4 Å². The van der Waals surface area contributed by atoms with E-state index in [-0.39, 0.29) is 36.6 Å².